The summed E-state index contributed by atoms with van der Waals surface area (Å²) in [6.07, 6.45) is 1.99. The first-order valence-electron chi connectivity index (χ1n) is 8.10. The molecule has 0 aliphatic heterocycles. The Balaban J connectivity index is 4.11. The maximum Gasteiger partial charge on any atom is 0.326 e. The number of hydrogen-bond donors (Lipinski definition) is 4. The van der Waals surface area contributed by atoms with E-state index in [2.05, 4.69) is 29.6 Å². The summed E-state index contributed by atoms with van der Waals surface area (Å²) in [5.74, 6) is -1.43. The molecule has 0 spiro atoms. The Labute approximate surface area is 133 Å². The van der Waals surface area contributed by atoms with Gasteiger partial charge >= 0.3 is 5.97 Å². The van der Waals surface area contributed by atoms with Crippen LogP contribution in [0.2, 0.25) is 0 Å². The lowest BCUT2D eigenvalue weighted by molar-refractivity contribution is -0.142. The summed E-state index contributed by atoms with van der Waals surface area (Å²) in [4.78, 5) is 23.0. The maximum atomic E-state index is 11.8. The van der Waals surface area contributed by atoms with Gasteiger partial charge in [0.1, 0.15) is 6.04 Å². The molecule has 1 amide bonds. The third-order valence-electron chi connectivity index (χ3n) is 3.65. The maximum absolute atomic E-state index is 11.8. The molecule has 7 heteroatoms. The van der Waals surface area contributed by atoms with E-state index in [9.17, 15) is 14.7 Å². The predicted molar refractivity (Wildman–Crippen MR) is 87.2 cm³/mol. The Morgan fingerprint density at radius 2 is 1.77 bits per heavy atom. The van der Waals surface area contributed by atoms with Crippen molar-refractivity contribution in [2.75, 3.05) is 19.6 Å². The number of hydrazine groups is 1. The normalized spacial score (nSPS) is 14.1. The molecule has 0 aromatic carbocycles. The third kappa shape index (κ3) is 8.31. The quantitative estimate of drug-likeness (QED) is 0.309. The van der Waals surface area contributed by atoms with E-state index in [0.29, 0.717) is 6.42 Å². The molecule has 0 fully saturated rings. The van der Waals surface area contributed by atoms with E-state index in [1.54, 1.807) is 0 Å². The summed E-state index contributed by atoms with van der Waals surface area (Å²) in [6, 6.07) is -1.54. The molecule has 0 heterocycles. The number of nitrogens with zero attached hydrogens (tertiary/aromatic N) is 1. The molecule has 130 valence electrons. The van der Waals surface area contributed by atoms with Gasteiger partial charge in [0, 0.05) is 19.6 Å². The summed E-state index contributed by atoms with van der Waals surface area (Å²) in [6.45, 7) is 10.5. The van der Waals surface area contributed by atoms with Crippen LogP contribution in [0, 0.1) is 5.92 Å². The molecule has 5 N–H and O–H groups in total. The SMILES string of the molecule is CCN(CC)NCCCC[C@H](NC(=O)[C@@H](N)C(C)C)C(=O)O. The first-order chi connectivity index (χ1) is 10.3. The summed E-state index contributed by atoms with van der Waals surface area (Å²) >= 11 is 0. The Bertz CT molecular complexity index is 333. The molecular weight excluding hydrogens is 284 g/mol. The zero-order valence-corrected chi connectivity index (χ0v) is 14.3. The number of amides is 1. The summed E-state index contributed by atoms with van der Waals surface area (Å²) in [5.41, 5.74) is 9.00. The molecule has 0 radical (unpaired) electrons. The number of nitrogens with two attached hydrogens (primary N) is 1. The highest BCUT2D eigenvalue weighted by atomic mass is 16.4. The van der Waals surface area contributed by atoms with Gasteiger partial charge < -0.3 is 16.2 Å². The molecular formula is C15H32N4O3. The van der Waals surface area contributed by atoms with Gasteiger partial charge in [-0.25, -0.2) is 9.80 Å². The fraction of sp³-hybridized carbons (Fsp3) is 0.867. The average Bonchev–Trinajstić information content (AvgIpc) is 2.48. The minimum Gasteiger partial charge on any atom is -0.480 e. The van der Waals surface area contributed by atoms with Gasteiger partial charge in [0.05, 0.1) is 6.04 Å². The van der Waals surface area contributed by atoms with E-state index in [0.717, 1.165) is 32.5 Å². The second-order valence-corrected chi connectivity index (χ2v) is 5.75. The van der Waals surface area contributed by atoms with Gasteiger partial charge in [0.15, 0.2) is 0 Å². The van der Waals surface area contributed by atoms with Crippen LogP contribution in [0.3, 0.4) is 0 Å². The van der Waals surface area contributed by atoms with Gasteiger partial charge in [-0.15, -0.1) is 0 Å². The Morgan fingerprint density at radius 1 is 1.18 bits per heavy atom. The van der Waals surface area contributed by atoms with Crippen LogP contribution in [0.25, 0.3) is 0 Å². The first-order valence-corrected chi connectivity index (χ1v) is 8.10. The monoisotopic (exact) mass is 316 g/mol. The standard InChI is InChI=1S/C15H32N4O3/c1-5-19(6-2)17-10-8-7-9-12(15(21)22)18-14(20)13(16)11(3)4/h11-13,17H,5-10,16H2,1-4H3,(H,18,20)(H,21,22)/t12-,13-/m0/s1. The number of rotatable bonds is 12. The van der Waals surface area contributed by atoms with Crippen LogP contribution in [0.4, 0.5) is 0 Å². The van der Waals surface area contributed by atoms with Gasteiger partial charge in [0.2, 0.25) is 5.91 Å². The lowest BCUT2D eigenvalue weighted by Crippen LogP contribution is -2.50. The van der Waals surface area contributed by atoms with Crippen LogP contribution in [-0.2, 0) is 9.59 Å². The number of carboxylic acid groups (broad SMARTS) is 1. The number of carbonyl (C=O) groups is 2. The number of carbonyl (C=O) groups excluding carboxylic acids is 1. The average molecular weight is 316 g/mol. The summed E-state index contributed by atoms with van der Waals surface area (Å²) < 4.78 is 0. The smallest absolute Gasteiger partial charge is 0.326 e. The van der Waals surface area contributed by atoms with Crippen LogP contribution in [0.15, 0.2) is 0 Å². The van der Waals surface area contributed by atoms with E-state index >= 15 is 0 Å². The second-order valence-electron chi connectivity index (χ2n) is 5.75. The lowest BCUT2D eigenvalue weighted by atomic mass is 10.0. The third-order valence-corrected chi connectivity index (χ3v) is 3.65. The van der Waals surface area contributed by atoms with Gasteiger partial charge in [-0.3, -0.25) is 10.2 Å². The minimum absolute atomic E-state index is 0.0206. The van der Waals surface area contributed by atoms with Crippen molar-refractivity contribution in [2.45, 2.75) is 59.0 Å². The molecule has 0 aliphatic rings. The highest BCUT2D eigenvalue weighted by Gasteiger charge is 2.24. The Kier molecular flexibility index (Phi) is 10.8. The van der Waals surface area contributed by atoms with Gasteiger partial charge in [-0.05, 0) is 25.2 Å². The number of unbranched alkanes of at least 4 members (excludes halogenated alkanes) is 1. The first kappa shape index (κ1) is 20.8. The molecule has 7 nitrogen and oxygen atoms in total. The van der Waals surface area contributed by atoms with E-state index in [1.807, 2.05) is 13.8 Å². The molecule has 0 bridgehead atoms. The molecule has 0 unspecified atom stereocenters. The number of carboxylic acids is 1. The predicted octanol–water partition coefficient (Wildman–Crippen LogP) is 0.556. The van der Waals surface area contributed by atoms with Crippen LogP contribution < -0.4 is 16.5 Å². The molecule has 0 rings (SSSR count). The van der Waals surface area contributed by atoms with Crippen LogP contribution in [0.1, 0.15) is 47.0 Å². The molecule has 0 aliphatic carbocycles. The van der Waals surface area contributed by atoms with E-state index in [1.165, 1.54) is 0 Å². The van der Waals surface area contributed by atoms with Gasteiger partial charge in [-0.2, -0.15) is 0 Å². The fourth-order valence-electron chi connectivity index (χ4n) is 1.99. The minimum atomic E-state index is -1.01. The zero-order chi connectivity index (χ0) is 17.1. The number of hydrogen-bond acceptors (Lipinski definition) is 5. The van der Waals surface area contributed by atoms with Crippen molar-refractivity contribution < 1.29 is 14.7 Å². The van der Waals surface area contributed by atoms with E-state index < -0.39 is 24.0 Å². The summed E-state index contributed by atoms with van der Waals surface area (Å²) in [7, 11) is 0. The van der Waals surface area contributed by atoms with Crippen molar-refractivity contribution in [1.29, 1.82) is 0 Å². The van der Waals surface area contributed by atoms with E-state index in [4.69, 9.17) is 5.73 Å². The van der Waals surface area contributed by atoms with Crippen molar-refractivity contribution >= 4 is 11.9 Å². The Hall–Kier alpha value is -1.18. The van der Waals surface area contributed by atoms with Crippen LogP contribution >= 0.6 is 0 Å². The van der Waals surface area contributed by atoms with Crippen LogP contribution in [-0.4, -0.2) is 53.7 Å². The second kappa shape index (κ2) is 11.4. The van der Waals surface area contributed by atoms with Gasteiger partial charge in [-0.1, -0.05) is 27.7 Å². The fourth-order valence-corrected chi connectivity index (χ4v) is 1.99. The number of nitrogens with one attached hydrogen (secondary N) is 2. The van der Waals surface area contributed by atoms with Crippen molar-refractivity contribution in [3.05, 3.63) is 0 Å². The summed E-state index contributed by atoms with van der Waals surface area (Å²) in [5, 5.41) is 13.8. The molecule has 0 saturated carbocycles. The van der Waals surface area contributed by atoms with Crippen LogP contribution in [0.5, 0.6) is 0 Å². The molecule has 0 aromatic heterocycles. The topological polar surface area (TPSA) is 108 Å². The molecule has 22 heavy (non-hydrogen) atoms. The van der Waals surface area contributed by atoms with E-state index in [-0.39, 0.29) is 5.92 Å². The highest BCUT2D eigenvalue weighted by molar-refractivity contribution is 5.86. The van der Waals surface area contributed by atoms with Crippen molar-refractivity contribution in [1.82, 2.24) is 15.8 Å². The van der Waals surface area contributed by atoms with Crippen molar-refractivity contribution in [2.24, 2.45) is 11.7 Å². The molecule has 2 atom stereocenters. The highest BCUT2D eigenvalue weighted by Crippen LogP contribution is 2.04. The van der Waals surface area contributed by atoms with Crippen molar-refractivity contribution in [3.8, 4) is 0 Å². The Morgan fingerprint density at radius 3 is 2.23 bits per heavy atom. The lowest BCUT2D eigenvalue weighted by Gasteiger charge is -2.21. The van der Waals surface area contributed by atoms with Crippen molar-refractivity contribution in [3.63, 3.8) is 0 Å². The zero-order valence-electron chi connectivity index (χ0n) is 14.3. The van der Waals surface area contributed by atoms with Gasteiger partial charge in [0.25, 0.3) is 0 Å². The molecule has 0 aromatic rings. The largest absolute Gasteiger partial charge is 0.480 e. The number of aliphatic carboxylic acids is 1. The molecule has 0 saturated heterocycles.